The lowest BCUT2D eigenvalue weighted by Crippen LogP contribution is -2.04. The number of rotatable bonds is 5. The number of hydrogen-bond acceptors (Lipinski definition) is 7. The molecule has 1 heterocycles. The summed E-state index contributed by atoms with van der Waals surface area (Å²) in [5, 5.41) is 35.3. The minimum Gasteiger partial charge on any atom is -0.258 e. The summed E-state index contributed by atoms with van der Waals surface area (Å²) in [5.74, 6) is 0. The van der Waals surface area contributed by atoms with Gasteiger partial charge >= 0.3 is 5.69 Å². The van der Waals surface area contributed by atoms with Crippen molar-refractivity contribution in [3.63, 3.8) is 0 Å². The lowest BCUT2D eigenvalue weighted by atomic mass is 10.2. The van der Waals surface area contributed by atoms with Crippen molar-refractivity contribution in [3.8, 4) is 5.69 Å². The van der Waals surface area contributed by atoms with Crippen molar-refractivity contribution < 1.29 is 9.85 Å². The molecule has 1 aromatic heterocycles. The second-order valence-corrected chi connectivity index (χ2v) is 6.18. The SMILES string of the molecule is Cc1nn(-c2ccc([N+](=O)[O-])cc2[N+](=O)[O-])c(C)c1N=Nc1ccccc1Cl. The number of azo groups is 1. The maximum atomic E-state index is 11.4. The first-order valence-electron chi connectivity index (χ1n) is 7.95. The van der Waals surface area contributed by atoms with E-state index in [1.807, 2.05) is 0 Å². The quantitative estimate of drug-likeness (QED) is 0.322. The molecule has 10 nitrogen and oxygen atoms in total. The molecule has 0 radical (unpaired) electrons. The van der Waals surface area contributed by atoms with Gasteiger partial charge in [0.25, 0.3) is 5.69 Å². The average Bonchev–Trinajstić information content (AvgIpc) is 2.94. The summed E-state index contributed by atoms with van der Waals surface area (Å²) in [6, 6.07) is 10.3. The molecular formula is C17H13ClN6O4. The molecule has 0 atom stereocenters. The number of non-ortho nitro benzene ring substituents is 1. The molecule has 0 aliphatic heterocycles. The van der Waals surface area contributed by atoms with Crippen LogP contribution in [0.5, 0.6) is 0 Å². The van der Waals surface area contributed by atoms with Crippen molar-refractivity contribution in [1.82, 2.24) is 9.78 Å². The first-order valence-corrected chi connectivity index (χ1v) is 8.33. The third-order valence-corrected chi connectivity index (χ3v) is 4.28. The molecule has 0 N–H and O–H groups in total. The molecule has 0 bridgehead atoms. The topological polar surface area (TPSA) is 129 Å². The maximum Gasteiger partial charge on any atom is 0.301 e. The molecule has 3 aromatic rings. The molecule has 0 fully saturated rings. The Hall–Kier alpha value is -3.66. The largest absolute Gasteiger partial charge is 0.301 e. The van der Waals surface area contributed by atoms with Gasteiger partial charge in [-0.3, -0.25) is 20.2 Å². The van der Waals surface area contributed by atoms with Gasteiger partial charge in [0, 0.05) is 6.07 Å². The van der Waals surface area contributed by atoms with Crippen LogP contribution >= 0.6 is 11.6 Å². The van der Waals surface area contributed by atoms with Gasteiger partial charge in [-0.2, -0.15) is 5.10 Å². The van der Waals surface area contributed by atoms with E-state index in [0.29, 0.717) is 27.8 Å². The number of aryl methyl sites for hydroxylation is 1. The van der Waals surface area contributed by atoms with Gasteiger partial charge < -0.3 is 0 Å². The summed E-state index contributed by atoms with van der Waals surface area (Å²) < 4.78 is 1.32. The molecule has 0 saturated heterocycles. The summed E-state index contributed by atoms with van der Waals surface area (Å²) in [6.07, 6.45) is 0. The van der Waals surface area contributed by atoms with Crippen LogP contribution in [0, 0.1) is 34.1 Å². The van der Waals surface area contributed by atoms with Crippen LogP contribution in [0.3, 0.4) is 0 Å². The van der Waals surface area contributed by atoms with E-state index in [1.165, 1.54) is 16.8 Å². The number of nitro groups is 2. The first-order chi connectivity index (χ1) is 13.3. The summed E-state index contributed by atoms with van der Waals surface area (Å²) in [6.45, 7) is 3.35. The Morgan fingerprint density at radius 3 is 2.39 bits per heavy atom. The van der Waals surface area contributed by atoms with Gasteiger partial charge in [-0.25, -0.2) is 4.68 Å². The fraction of sp³-hybridized carbons (Fsp3) is 0.118. The van der Waals surface area contributed by atoms with E-state index in [0.717, 1.165) is 6.07 Å². The molecule has 11 heteroatoms. The van der Waals surface area contributed by atoms with E-state index in [9.17, 15) is 20.2 Å². The number of benzene rings is 2. The van der Waals surface area contributed by atoms with Crippen LogP contribution in [-0.2, 0) is 0 Å². The average molecular weight is 401 g/mol. The van der Waals surface area contributed by atoms with Crippen LogP contribution in [-0.4, -0.2) is 19.6 Å². The van der Waals surface area contributed by atoms with Gasteiger partial charge in [0.1, 0.15) is 17.1 Å². The number of halogens is 1. The molecular weight excluding hydrogens is 388 g/mol. The summed E-state index contributed by atoms with van der Waals surface area (Å²) in [7, 11) is 0. The number of nitro benzene ring substituents is 2. The third-order valence-electron chi connectivity index (χ3n) is 3.96. The lowest BCUT2D eigenvalue weighted by molar-refractivity contribution is -0.394. The highest BCUT2D eigenvalue weighted by Gasteiger charge is 2.24. The molecule has 0 amide bonds. The molecule has 142 valence electrons. The second kappa shape index (κ2) is 7.53. The van der Waals surface area contributed by atoms with E-state index in [2.05, 4.69) is 15.3 Å². The molecule has 0 aliphatic carbocycles. The predicted molar refractivity (Wildman–Crippen MR) is 102 cm³/mol. The zero-order valence-corrected chi connectivity index (χ0v) is 15.5. The van der Waals surface area contributed by atoms with Gasteiger partial charge in [-0.05, 0) is 32.0 Å². The van der Waals surface area contributed by atoms with Crippen LogP contribution in [0.2, 0.25) is 5.02 Å². The van der Waals surface area contributed by atoms with Crippen LogP contribution in [0.1, 0.15) is 11.4 Å². The lowest BCUT2D eigenvalue weighted by Gasteiger charge is -2.05. The Kier molecular flexibility index (Phi) is 5.14. The highest BCUT2D eigenvalue weighted by Crippen LogP contribution is 2.33. The van der Waals surface area contributed by atoms with Gasteiger partial charge in [0.05, 0.1) is 32.3 Å². The fourth-order valence-corrected chi connectivity index (χ4v) is 2.77. The molecule has 0 aliphatic rings. The zero-order valence-electron chi connectivity index (χ0n) is 14.7. The minimum absolute atomic E-state index is 0.0930. The van der Waals surface area contributed by atoms with Gasteiger partial charge in [0.15, 0.2) is 0 Å². The van der Waals surface area contributed by atoms with Gasteiger partial charge in [-0.15, -0.1) is 10.2 Å². The van der Waals surface area contributed by atoms with E-state index in [-0.39, 0.29) is 11.4 Å². The molecule has 3 rings (SSSR count). The smallest absolute Gasteiger partial charge is 0.258 e. The van der Waals surface area contributed by atoms with Crippen LogP contribution < -0.4 is 0 Å². The van der Waals surface area contributed by atoms with Gasteiger partial charge in [-0.1, -0.05) is 23.7 Å². The van der Waals surface area contributed by atoms with Crippen molar-refractivity contribution in [2.24, 2.45) is 10.2 Å². The van der Waals surface area contributed by atoms with Crippen molar-refractivity contribution in [3.05, 3.63) is 79.1 Å². The molecule has 0 spiro atoms. The standard InChI is InChI=1S/C17H13ClN6O4/c1-10-17(20-19-14-6-4-3-5-13(14)18)11(2)22(21-10)15-8-7-12(23(25)26)9-16(15)24(27)28/h3-9H,1-2H3. The van der Waals surface area contributed by atoms with Crippen LogP contribution in [0.15, 0.2) is 52.7 Å². The normalized spacial score (nSPS) is 11.1. The second-order valence-electron chi connectivity index (χ2n) is 5.77. The van der Waals surface area contributed by atoms with Gasteiger partial charge in [0.2, 0.25) is 0 Å². The monoisotopic (exact) mass is 400 g/mol. The Bertz CT molecular complexity index is 1120. The highest BCUT2D eigenvalue weighted by atomic mass is 35.5. The van der Waals surface area contributed by atoms with E-state index in [1.54, 1.807) is 38.1 Å². The maximum absolute atomic E-state index is 11.4. The Balaban J connectivity index is 2.09. The molecule has 2 aromatic carbocycles. The summed E-state index contributed by atoms with van der Waals surface area (Å²) in [5.41, 5.74) is 1.15. The third kappa shape index (κ3) is 3.58. The highest BCUT2D eigenvalue weighted by molar-refractivity contribution is 6.32. The van der Waals surface area contributed by atoms with E-state index < -0.39 is 15.5 Å². The number of aromatic nitrogens is 2. The van der Waals surface area contributed by atoms with E-state index in [4.69, 9.17) is 11.6 Å². The first kappa shape index (κ1) is 19.1. The Morgan fingerprint density at radius 1 is 1.04 bits per heavy atom. The Morgan fingerprint density at radius 2 is 1.75 bits per heavy atom. The van der Waals surface area contributed by atoms with Crippen LogP contribution in [0.4, 0.5) is 22.7 Å². The molecule has 0 unspecified atom stereocenters. The fourth-order valence-electron chi connectivity index (χ4n) is 2.60. The van der Waals surface area contributed by atoms with Crippen molar-refractivity contribution in [2.75, 3.05) is 0 Å². The number of hydrogen-bond donors (Lipinski definition) is 0. The van der Waals surface area contributed by atoms with Crippen molar-refractivity contribution in [1.29, 1.82) is 0 Å². The molecule has 28 heavy (non-hydrogen) atoms. The zero-order chi connectivity index (χ0) is 20.4. The number of nitrogens with zero attached hydrogens (tertiary/aromatic N) is 6. The summed E-state index contributed by atoms with van der Waals surface area (Å²) >= 11 is 6.06. The molecule has 0 saturated carbocycles. The minimum atomic E-state index is -0.693. The van der Waals surface area contributed by atoms with Crippen molar-refractivity contribution in [2.45, 2.75) is 13.8 Å². The van der Waals surface area contributed by atoms with E-state index >= 15 is 0 Å². The predicted octanol–water partition coefficient (Wildman–Crippen LogP) is 5.37. The summed E-state index contributed by atoms with van der Waals surface area (Å²) in [4.78, 5) is 20.9. The van der Waals surface area contributed by atoms with Crippen molar-refractivity contribution >= 4 is 34.4 Å². The van der Waals surface area contributed by atoms with Crippen LogP contribution in [0.25, 0.3) is 5.69 Å². The Labute approximate surface area is 163 Å².